The van der Waals surface area contributed by atoms with Crippen molar-refractivity contribution in [3.63, 3.8) is 0 Å². The molecule has 1 atom stereocenters. The van der Waals surface area contributed by atoms with E-state index in [1.54, 1.807) is 36.1 Å². The molecule has 3 rings (SSSR count). The molecule has 1 aliphatic heterocycles. The summed E-state index contributed by atoms with van der Waals surface area (Å²) in [5, 5.41) is 0. The van der Waals surface area contributed by atoms with Crippen molar-refractivity contribution in [3.05, 3.63) is 71.3 Å². The Balaban J connectivity index is 1.84. The molecule has 1 heterocycles. The van der Waals surface area contributed by atoms with Gasteiger partial charge < -0.3 is 9.64 Å². The highest BCUT2D eigenvalue weighted by Crippen LogP contribution is 2.27. The van der Waals surface area contributed by atoms with E-state index in [9.17, 15) is 14.4 Å². The molecule has 0 saturated carbocycles. The fourth-order valence-electron chi connectivity index (χ4n) is 3.75. The Labute approximate surface area is 187 Å². The average Bonchev–Trinajstić information content (AvgIpc) is 3.03. The highest BCUT2D eigenvalue weighted by Gasteiger charge is 2.37. The van der Waals surface area contributed by atoms with Crippen LogP contribution in [0.5, 0.6) is 0 Å². The zero-order valence-corrected chi connectivity index (χ0v) is 18.4. The highest BCUT2D eigenvalue weighted by molar-refractivity contribution is 6.21. The van der Waals surface area contributed by atoms with E-state index in [-0.39, 0.29) is 30.9 Å². The first-order chi connectivity index (χ1) is 15.1. The fourth-order valence-corrected chi connectivity index (χ4v) is 3.94. The number of hydrogen-bond acceptors (Lipinski definition) is 4. The molecule has 0 N–H and O–H groups in total. The van der Waals surface area contributed by atoms with Crippen LogP contribution in [-0.2, 0) is 4.74 Å². The van der Waals surface area contributed by atoms with E-state index < -0.39 is 6.09 Å². The zero-order valence-electron chi connectivity index (χ0n) is 17.6. The number of carbonyl (C=O) groups is 3. The lowest BCUT2D eigenvalue weighted by Crippen LogP contribution is -2.41. The molecule has 0 fully saturated rings. The molecule has 0 saturated heterocycles. The number of nitrogens with zero attached hydrogens (tertiary/aromatic N) is 2. The second-order valence-corrected chi connectivity index (χ2v) is 7.79. The third-order valence-electron chi connectivity index (χ3n) is 5.33. The Morgan fingerprint density at radius 3 is 2.19 bits per heavy atom. The molecule has 1 aliphatic rings. The third-order valence-corrected chi connectivity index (χ3v) is 5.60. The van der Waals surface area contributed by atoms with Crippen LogP contribution in [0.2, 0.25) is 0 Å². The molecular weight excluding hydrogens is 416 g/mol. The summed E-state index contributed by atoms with van der Waals surface area (Å²) in [7, 11) is 0. The molecule has 0 spiro atoms. The first-order valence-electron chi connectivity index (χ1n) is 10.5. The van der Waals surface area contributed by atoms with Crippen LogP contribution in [0.1, 0.15) is 52.0 Å². The van der Waals surface area contributed by atoms with Gasteiger partial charge in [0.1, 0.15) is 0 Å². The molecule has 2 aromatic carbocycles. The molecule has 31 heavy (non-hydrogen) atoms. The quantitative estimate of drug-likeness (QED) is 0.307. The summed E-state index contributed by atoms with van der Waals surface area (Å²) in [6.07, 6.45) is 1.13. The predicted molar refractivity (Wildman–Crippen MR) is 120 cm³/mol. The Morgan fingerprint density at radius 2 is 1.61 bits per heavy atom. The van der Waals surface area contributed by atoms with Crippen molar-refractivity contribution in [3.8, 4) is 0 Å². The van der Waals surface area contributed by atoms with Gasteiger partial charge in [-0.3, -0.25) is 14.5 Å². The van der Waals surface area contributed by atoms with Crippen LogP contribution in [0, 0.1) is 0 Å². The lowest BCUT2D eigenvalue weighted by Gasteiger charge is -2.29. The van der Waals surface area contributed by atoms with E-state index in [0.717, 1.165) is 18.4 Å². The fraction of sp³-hybridized carbons (Fsp3) is 0.375. The van der Waals surface area contributed by atoms with Crippen molar-refractivity contribution >= 4 is 29.5 Å². The first-order valence-corrected chi connectivity index (χ1v) is 11.1. The van der Waals surface area contributed by atoms with Gasteiger partial charge in [-0.25, -0.2) is 4.79 Å². The summed E-state index contributed by atoms with van der Waals surface area (Å²) in [5.74, 6) is -0.324. The van der Waals surface area contributed by atoms with Gasteiger partial charge in [-0.05, 0) is 37.5 Å². The van der Waals surface area contributed by atoms with Crippen LogP contribution in [0.4, 0.5) is 4.79 Å². The van der Waals surface area contributed by atoms with Crippen LogP contribution in [0.3, 0.4) is 0 Å². The van der Waals surface area contributed by atoms with Crippen molar-refractivity contribution in [2.45, 2.75) is 25.7 Å². The van der Waals surface area contributed by atoms with Crippen LogP contribution < -0.4 is 0 Å². The van der Waals surface area contributed by atoms with Crippen LogP contribution in [-0.4, -0.2) is 59.8 Å². The lowest BCUT2D eigenvalue weighted by molar-refractivity contribution is 0.0633. The largest absolute Gasteiger partial charge is 0.450 e. The Hall–Kier alpha value is -2.86. The molecule has 0 radical (unpaired) electrons. The minimum absolute atomic E-state index is 0.182. The molecule has 0 bridgehead atoms. The summed E-state index contributed by atoms with van der Waals surface area (Å²) < 4.78 is 5.24. The van der Waals surface area contributed by atoms with E-state index in [1.807, 2.05) is 30.3 Å². The molecule has 0 aliphatic carbocycles. The lowest BCUT2D eigenvalue weighted by atomic mass is 9.97. The number of unbranched alkanes of at least 4 members (excludes halogenated alkanes) is 1. The van der Waals surface area contributed by atoms with E-state index >= 15 is 0 Å². The summed E-state index contributed by atoms with van der Waals surface area (Å²) in [5.41, 5.74) is 1.79. The predicted octanol–water partition coefficient (Wildman–Crippen LogP) is 4.54. The number of imide groups is 1. The summed E-state index contributed by atoms with van der Waals surface area (Å²) in [6.45, 7) is 3.05. The summed E-state index contributed by atoms with van der Waals surface area (Å²) in [6, 6.07) is 16.5. The number of hydrogen-bond donors (Lipinski definition) is 0. The van der Waals surface area contributed by atoms with E-state index in [1.165, 1.54) is 4.90 Å². The van der Waals surface area contributed by atoms with Crippen LogP contribution in [0.15, 0.2) is 54.6 Å². The number of rotatable bonds is 10. The number of benzene rings is 2. The monoisotopic (exact) mass is 442 g/mol. The van der Waals surface area contributed by atoms with Gasteiger partial charge >= 0.3 is 6.09 Å². The average molecular weight is 443 g/mol. The molecule has 1 unspecified atom stereocenters. The van der Waals surface area contributed by atoms with Gasteiger partial charge in [0.2, 0.25) is 0 Å². The standard InChI is InChI=1S/C24H27ClN2O4/c1-2-31-24(30)26(15-9-8-14-25)16-19(18-10-4-3-5-11-18)17-27-22(28)20-12-6-7-13-21(20)23(27)29/h3-7,10-13,19H,2,8-9,14-17H2,1H3. The van der Waals surface area contributed by atoms with Crippen molar-refractivity contribution < 1.29 is 19.1 Å². The topological polar surface area (TPSA) is 66.9 Å². The van der Waals surface area contributed by atoms with Crippen molar-refractivity contribution in [1.82, 2.24) is 9.80 Å². The molecule has 2 aromatic rings. The Kier molecular flexibility index (Phi) is 8.06. The third kappa shape index (κ3) is 5.44. The second-order valence-electron chi connectivity index (χ2n) is 7.42. The highest BCUT2D eigenvalue weighted by atomic mass is 35.5. The number of alkyl halides is 1. The van der Waals surface area contributed by atoms with Crippen LogP contribution in [0.25, 0.3) is 0 Å². The van der Waals surface area contributed by atoms with Gasteiger partial charge in [0.15, 0.2) is 0 Å². The van der Waals surface area contributed by atoms with Gasteiger partial charge in [0, 0.05) is 31.4 Å². The first kappa shape index (κ1) is 22.8. The van der Waals surface area contributed by atoms with E-state index in [4.69, 9.17) is 16.3 Å². The molecular formula is C24H27ClN2O4. The van der Waals surface area contributed by atoms with Gasteiger partial charge in [-0.15, -0.1) is 11.6 Å². The van der Waals surface area contributed by atoms with Crippen molar-refractivity contribution in [2.75, 3.05) is 32.1 Å². The number of carbonyl (C=O) groups excluding carboxylic acids is 3. The molecule has 164 valence electrons. The zero-order chi connectivity index (χ0) is 22.2. The van der Waals surface area contributed by atoms with Gasteiger partial charge in [-0.2, -0.15) is 0 Å². The minimum Gasteiger partial charge on any atom is -0.450 e. The molecule has 0 aromatic heterocycles. The second kappa shape index (κ2) is 11.0. The Bertz CT molecular complexity index is 884. The minimum atomic E-state index is -0.402. The van der Waals surface area contributed by atoms with E-state index in [2.05, 4.69) is 0 Å². The summed E-state index contributed by atoms with van der Waals surface area (Å²) in [4.78, 5) is 41.3. The molecule has 7 heteroatoms. The van der Waals surface area contributed by atoms with Crippen LogP contribution >= 0.6 is 11.6 Å². The SMILES string of the molecule is CCOC(=O)N(CCCCCl)CC(CN1C(=O)c2ccccc2C1=O)c1ccccc1. The van der Waals surface area contributed by atoms with E-state index in [0.29, 0.717) is 30.1 Å². The maximum Gasteiger partial charge on any atom is 0.409 e. The van der Waals surface area contributed by atoms with Gasteiger partial charge in [0.05, 0.1) is 17.7 Å². The number of fused-ring (bicyclic) bond motifs is 1. The summed E-state index contributed by atoms with van der Waals surface area (Å²) >= 11 is 5.80. The number of ether oxygens (including phenoxy) is 1. The smallest absolute Gasteiger partial charge is 0.409 e. The normalized spacial score (nSPS) is 13.8. The Morgan fingerprint density at radius 1 is 1.00 bits per heavy atom. The van der Waals surface area contributed by atoms with Gasteiger partial charge in [-0.1, -0.05) is 42.5 Å². The maximum absolute atomic E-state index is 12.9. The van der Waals surface area contributed by atoms with Crippen molar-refractivity contribution in [2.24, 2.45) is 0 Å². The number of halogens is 1. The maximum atomic E-state index is 12.9. The molecule has 6 nitrogen and oxygen atoms in total. The number of amides is 3. The van der Waals surface area contributed by atoms with Gasteiger partial charge in [0.25, 0.3) is 11.8 Å². The van der Waals surface area contributed by atoms with Crippen molar-refractivity contribution in [1.29, 1.82) is 0 Å². The molecule has 3 amide bonds.